The van der Waals surface area contributed by atoms with Crippen LogP contribution in [0.5, 0.6) is 0 Å². The number of aromatic nitrogens is 2. The molecular weight excluding hydrogens is 418 g/mol. The van der Waals surface area contributed by atoms with E-state index in [-0.39, 0.29) is 12.4 Å². The van der Waals surface area contributed by atoms with Crippen LogP contribution in [-0.2, 0) is 42.9 Å². The molecule has 31 heavy (non-hydrogen) atoms. The molecule has 0 unspecified atom stereocenters. The maximum absolute atomic E-state index is 11.8. The third-order valence-corrected chi connectivity index (χ3v) is 3.96. The number of carbonyl (C=O) groups excluding carboxylic acids is 4. The largest absolute Gasteiger partial charge is 0.463 e. The van der Waals surface area contributed by atoms with Crippen molar-refractivity contribution in [2.24, 2.45) is 0 Å². The number of hydrogen-bond acceptors (Lipinski definition) is 12. The monoisotopic (exact) mass is 441 g/mol. The predicted molar refractivity (Wildman–Crippen MR) is 100 cm³/mol. The lowest BCUT2D eigenvalue weighted by Crippen LogP contribution is -2.64. The maximum Gasteiger partial charge on any atom is 0.346 e. The van der Waals surface area contributed by atoms with Crippen LogP contribution >= 0.6 is 0 Å². The second-order valence-electron chi connectivity index (χ2n) is 6.55. The highest BCUT2D eigenvalue weighted by Crippen LogP contribution is 2.29. The van der Waals surface area contributed by atoms with Gasteiger partial charge in [0.1, 0.15) is 18.5 Å². The standard InChI is InChI=1S/C18H23N3O10/c1-8(22)27-7-12-14(28-9(2)23)15(29-10(3)24)16(30-11(4)25)17(31-12)20-13-5-6-19-18(26)21-13/h5-6,12,14-17H,7H2,1-4H3,(H2,19,20,21,26)/t12-,14-,15+,16-,17-/m1/s1. The van der Waals surface area contributed by atoms with Crippen LogP contribution in [-0.4, -0.2) is 71.1 Å². The van der Waals surface area contributed by atoms with Crippen molar-refractivity contribution in [1.82, 2.24) is 9.97 Å². The van der Waals surface area contributed by atoms with Crippen LogP contribution in [0.3, 0.4) is 0 Å². The van der Waals surface area contributed by atoms with E-state index in [4.69, 9.17) is 23.7 Å². The Morgan fingerprint density at radius 2 is 1.55 bits per heavy atom. The molecule has 0 saturated carbocycles. The first-order chi connectivity index (χ1) is 14.6. The van der Waals surface area contributed by atoms with E-state index in [9.17, 15) is 24.0 Å². The van der Waals surface area contributed by atoms with Gasteiger partial charge in [-0.25, -0.2) is 9.78 Å². The molecule has 2 heterocycles. The van der Waals surface area contributed by atoms with Gasteiger partial charge in [0.2, 0.25) is 0 Å². The summed E-state index contributed by atoms with van der Waals surface area (Å²) in [5.74, 6) is -2.69. The number of aromatic amines is 1. The van der Waals surface area contributed by atoms with Gasteiger partial charge in [-0.1, -0.05) is 0 Å². The van der Waals surface area contributed by atoms with Crippen molar-refractivity contribution in [3.8, 4) is 0 Å². The summed E-state index contributed by atoms with van der Waals surface area (Å²) in [4.78, 5) is 63.9. The Kier molecular flexibility index (Phi) is 8.07. The third-order valence-electron chi connectivity index (χ3n) is 3.96. The van der Waals surface area contributed by atoms with E-state index in [0.29, 0.717) is 0 Å². The smallest absolute Gasteiger partial charge is 0.346 e. The van der Waals surface area contributed by atoms with E-state index in [1.54, 1.807) is 0 Å². The summed E-state index contributed by atoms with van der Waals surface area (Å²) in [7, 11) is 0. The number of H-pyrrole nitrogens is 1. The van der Waals surface area contributed by atoms with Gasteiger partial charge in [-0.3, -0.25) is 24.2 Å². The first-order valence-electron chi connectivity index (χ1n) is 9.19. The number of nitrogens with zero attached hydrogens (tertiary/aromatic N) is 1. The van der Waals surface area contributed by atoms with Gasteiger partial charge in [0.25, 0.3) is 0 Å². The fourth-order valence-corrected chi connectivity index (χ4v) is 2.95. The molecule has 0 spiro atoms. The van der Waals surface area contributed by atoms with Crippen molar-refractivity contribution in [1.29, 1.82) is 0 Å². The summed E-state index contributed by atoms with van der Waals surface area (Å²) >= 11 is 0. The van der Waals surface area contributed by atoms with Gasteiger partial charge in [0, 0.05) is 33.9 Å². The quantitative estimate of drug-likeness (QED) is 0.402. The van der Waals surface area contributed by atoms with E-state index < -0.39 is 60.2 Å². The number of ether oxygens (including phenoxy) is 5. The van der Waals surface area contributed by atoms with Gasteiger partial charge in [0.05, 0.1) is 0 Å². The van der Waals surface area contributed by atoms with Crippen LogP contribution in [0.4, 0.5) is 5.82 Å². The van der Waals surface area contributed by atoms with Crippen molar-refractivity contribution < 1.29 is 42.9 Å². The molecular formula is C18H23N3O10. The highest BCUT2D eigenvalue weighted by molar-refractivity contribution is 5.68. The second-order valence-corrected chi connectivity index (χ2v) is 6.55. The fourth-order valence-electron chi connectivity index (χ4n) is 2.95. The van der Waals surface area contributed by atoms with Crippen molar-refractivity contribution in [3.63, 3.8) is 0 Å². The summed E-state index contributed by atoms with van der Waals surface area (Å²) < 4.78 is 26.7. The van der Waals surface area contributed by atoms with E-state index in [2.05, 4.69) is 15.3 Å². The molecule has 0 aliphatic carbocycles. The Morgan fingerprint density at radius 3 is 2.10 bits per heavy atom. The Bertz CT molecular complexity index is 885. The molecule has 1 aliphatic rings. The Labute approximate surface area is 176 Å². The lowest BCUT2D eigenvalue weighted by atomic mass is 9.97. The minimum absolute atomic E-state index is 0.154. The highest BCUT2D eigenvalue weighted by atomic mass is 16.7. The summed E-state index contributed by atoms with van der Waals surface area (Å²) in [5.41, 5.74) is -0.657. The molecule has 2 N–H and O–H groups in total. The molecule has 1 aromatic heterocycles. The molecule has 0 amide bonds. The Hall–Kier alpha value is -3.48. The first-order valence-corrected chi connectivity index (χ1v) is 9.19. The maximum atomic E-state index is 11.8. The molecule has 1 aromatic rings. The van der Waals surface area contributed by atoms with E-state index in [1.165, 1.54) is 19.2 Å². The van der Waals surface area contributed by atoms with Crippen molar-refractivity contribution in [3.05, 3.63) is 22.7 Å². The van der Waals surface area contributed by atoms with Gasteiger partial charge in [-0.15, -0.1) is 0 Å². The predicted octanol–water partition coefficient (Wildman–Crippen LogP) is -0.735. The average molecular weight is 441 g/mol. The van der Waals surface area contributed by atoms with Crippen molar-refractivity contribution in [2.75, 3.05) is 11.9 Å². The molecule has 0 radical (unpaired) electrons. The lowest BCUT2D eigenvalue weighted by Gasteiger charge is -2.44. The minimum atomic E-state index is -1.31. The molecule has 170 valence electrons. The summed E-state index contributed by atoms with van der Waals surface area (Å²) in [5, 5.41) is 2.80. The van der Waals surface area contributed by atoms with Gasteiger partial charge in [-0.2, -0.15) is 0 Å². The van der Waals surface area contributed by atoms with Gasteiger partial charge in [-0.05, 0) is 6.07 Å². The molecule has 1 fully saturated rings. The average Bonchev–Trinajstić information content (AvgIpc) is 2.64. The van der Waals surface area contributed by atoms with Crippen LogP contribution in [0, 0.1) is 0 Å². The minimum Gasteiger partial charge on any atom is -0.463 e. The lowest BCUT2D eigenvalue weighted by molar-refractivity contribution is -0.247. The summed E-state index contributed by atoms with van der Waals surface area (Å²) in [6.45, 7) is 4.19. The SMILES string of the molecule is CC(=O)OC[C@H]1O[C@@H](Nc2ccnc(=O)[nH]2)[C@H](OC(C)=O)[C@@H](OC(C)=O)[C@@H]1OC(C)=O. The van der Waals surface area contributed by atoms with E-state index in [0.717, 1.165) is 20.8 Å². The second kappa shape index (κ2) is 10.5. The number of hydrogen-bond donors (Lipinski definition) is 2. The van der Waals surface area contributed by atoms with E-state index >= 15 is 0 Å². The van der Waals surface area contributed by atoms with Gasteiger partial charge >= 0.3 is 29.6 Å². The van der Waals surface area contributed by atoms with Crippen LogP contribution in [0.1, 0.15) is 27.7 Å². The number of rotatable bonds is 7. The van der Waals surface area contributed by atoms with Crippen LogP contribution in [0.15, 0.2) is 17.1 Å². The number of nitrogens with one attached hydrogen (secondary N) is 2. The van der Waals surface area contributed by atoms with Gasteiger partial charge < -0.3 is 29.0 Å². The van der Waals surface area contributed by atoms with Crippen molar-refractivity contribution >= 4 is 29.7 Å². The summed E-state index contributed by atoms with van der Waals surface area (Å²) in [6.07, 6.45) is -4.94. The number of esters is 4. The molecule has 13 nitrogen and oxygen atoms in total. The van der Waals surface area contributed by atoms with Crippen LogP contribution in [0.2, 0.25) is 0 Å². The molecule has 5 atom stereocenters. The van der Waals surface area contributed by atoms with Gasteiger partial charge in [0.15, 0.2) is 24.5 Å². The van der Waals surface area contributed by atoms with E-state index in [1.807, 2.05) is 0 Å². The van der Waals surface area contributed by atoms with Crippen molar-refractivity contribution in [2.45, 2.75) is 58.3 Å². The molecule has 0 aromatic carbocycles. The molecule has 2 rings (SSSR count). The molecule has 0 bridgehead atoms. The Morgan fingerprint density at radius 1 is 0.968 bits per heavy atom. The third kappa shape index (κ3) is 7.06. The fraction of sp³-hybridized carbons (Fsp3) is 0.556. The normalized spacial score (nSPS) is 25.1. The number of anilines is 1. The van der Waals surface area contributed by atoms with Crippen LogP contribution < -0.4 is 11.0 Å². The summed E-state index contributed by atoms with van der Waals surface area (Å²) in [6, 6.07) is 1.41. The molecule has 13 heteroatoms. The zero-order valence-corrected chi connectivity index (χ0v) is 17.3. The topological polar surface area (TPSA) is 172 Å². The molecule has 1 saturated heterocycles. The Balaban J connectivity index is 2.45. The van der Waals surface area contributed by atoms with Crippen LogP contribution in [0.25, 0.3) is 0 Å². The zero-order chi connectivity index (χ0) is 23.1. The molecule has 1 aliphatic heterocycles. The zero-order valence-electron chi connectivity index (χ0n) is 17.3. The first kappa shape index (κ1) is 23.8. The highest BCUT2D eigenvalue weighted by Gasteiger charge is 2.52. The number of carbonyl (C=O) groups is 4.